The lowest BCUT2D eigenvalue weighted by molar-refractivity contribution is -0.139. The summed E-state index contributed by atoms with van der Waals surface area (Å²) in [5.74, 6) is -0.326. The highest BCUT2D eigenvalue weighted by Crippen LogP contribution is 2.19. The zero-order valence-corrected chi connectivity index (χ0v) is 18.6. The second-order valence-electron chi connectivity index (χ2n) is 8.39. The minimum Gasteiger partial charge on any atom is -0.489 e. The predicted octanol–water partition coefficient (Wildman–Crippen LogP) is 4.03. The number of benzene rings is 2. The van der Waals surface area contributed by atoms with Crippen molar-refractivity contribution in [2.75, 3.05) is 6.54 Å². The fraction of sp³-hybridized carbons (Fsp3) is 0.417. The summed E-state index contributed by atoms with van der Waals surface area (Å²) >= 11 is 0. The van der Waals surface area contributed by atoms with Crippen LogP contribution in [0.4, 0.5) is 4.79 Å². The van der Waals surface area contributed by atoms with E-state index < -0.39 is 23.7 Å². The van der Waals surface area contributed by atoms with Crippen molar-refractivity contribution in [3.8, 4) is 5.75 Å². The van der Waals surface area contributed by atoms with Crippen LogP contribution in [0.5, 0.6) is 5.75 Å². The number of rotatable bonds is 10. The second kappa shape index (κ2) is 11.4. The van der Waals surface area contributed by atoms with Crippen LogP contribution in [0, 0.1) is 6.92 Å². The van der Waals surface area contributed by atoms with E-state index in [0.717, 1.165) is 16.9 Å². The molecule has 0 fully saturated rings. The number of para-hydroxylation sites is 1. The van der Waals surface area contributed by atoms with E-state index in [0.29, 0.717) is 19.7 Å². The number of ether oxygens (including phenoxy) is 2. The molecule has 7 heteroatoms. The number of aliphatic carboxylic acids is 1. The van der Waals surface area contributed by atoms with E-state index >= 15 is 0 Å². The van der Waals surface area contributed by atoms with Crippen molar-refractivity contribution >= 4 is 12.1 Å². The molecule has 3 N–H and O–H groups in total. The van der Waals surface area contributed by atoms with Crippen LogP contribution in [0.25, 0.3) is 0 Å². The standard InChI is InChI=1S/C24H32N2O5/c1-17-8-7-9-18(14-17)16-30-21-11-6-5-10-19(21)15-25-13-12-20(22(27)28)26-23(29)31-24(2,3)4/h5-11,14,20,25H,12-13,15-16H2,1-4H3,(H,26,29)(H,27,28)/t20-/m0/s1. The van der Waals surface area contributed by atoms with Crippen LogP contribution in [0.15, 0.2) is 48.5 Å². The molecule has 0 aliphatic carbocycles. The Morgan fingerprint density at radius 3 is 2.52 bits per heavy atom. The van der Waals surface area contributed by atoms with Gasteiger partial charge in [0, 0.05) is 12.1 Å². The van der Waals surface area contributed by atoms with Crippen molar-refractivity contribution < 1.29 is 24.2 Å². The van der Waals surface area contributed by atoms with Crippen molar-refractivity contribution in [3.05, 3.63) is 65.2 Å². The van der Waals surface area contributed by atoms with Gasteiger partial charge in [0.2, 0.25) is 0 Å². The molecule has 0 aliphatic heterocycles. The lowest BCUT2D eigenvalue weighted by atomic mass is 10.1. The van der Waals surface area contributed by atoms with Gasteiger partial charge in [-0.2, -0.15) is 0 Å². The topological polar surface area (TPSA) is 96.9 Å². The molecule has 0 saturated carbocycles. The Bertz CT molecular complexity index is 876. The number of carbonyl (C=O) groups excluding carboxylic acids is 1. The van der Waals surface area contributed by atoms with Crippen molar-refractivity contribution in [3.63, 3.8) is 0 Å². The number of carbonyl (C=O) groups is 2. The first-order valence-electron chi connectivity index (χ1n) is 10.3. The number of hydrogen-bond acceptors (Lipinski definition) is 5. The zero-order chi connectivity index (χ0) is 22.9. The van der Waals surface area contributed by atoms with Gasteiger partial charge in [-0.05, 0) is 52.3 Å². The maximum Gasteiger partial charge on any atom is 0.408 e. The predicted molar refractivity (Wildman–Crippen MR) is 119 cm³/mol. The van der Waals surface area contributed by atoms with Crippen molar-refractivity contribution in [2.24, 2.45) is 0 Å². The number of hydrogen-bond donors (Lipinski definition) is 3. The molecule has 0 radical (unpaired) electrons. The van der Waals surface area contributed by atoms with Crippen molar-refractivity contribution in [1.82, 2.24) is 10.6 Å². The van der Waals surface area contributed by atoms with E-state index in [1.807, 2.05) is 49.4 Å². The van der Waals surface area contributed by atoms with Gasteiger partial charge in [0.05, 0.1) is 0 Å². The Balaban J connectivity index is 1.84. The number of carboxylic acids is 1. The third-order valence-corrected chi connectivity index (χ3v) is 4.36. The maximum absolute atomic E-state index is 11.8. The van der Waals surface area contributed by atoms with Crippen LogP contribution in [0.2, 0.25) is 0 Å². The molecule has 31 heavy (non-hydrogen) atoms. The molecule has 0 spiro atoms. The molecule has 2 aromatic carbocycles. The summed E-state index contributed by atoms with van der Waals surface area (Å²) in [6.45, 7) is 8.61. The first kappa shape index (κ1) is 24.2. The average Bonchev–Trinajstić information content (AvgIpc) is 2.68. The molecule has 0 aliphatic rings. The monoisotopic (exact) mass is 428 g/mol. The van der Waals surface area contributed by atoms with Crippen LogP contribution in [0.1, 0.15) is 43.9 Å². The normalized spacial score (nSPS) is 12.1. The van der Waals surface area contributed by atoms with Gasteiger partial charge >= 0.3 is 12.1 Å². The van der Waals surface area contributed by atoms with Crippen LogP contribution in [0.3, 0.4) is 0 Å². The second-order valence-corrected chi connectivity index (χ2v) is 8.39. The Labute approximate surface area is 183 Å². The molecule has 7 nitrogen and oxygen atoms in total. The molecular formula is C24H32N2O5. The number of nitrogens with one attached hydrogen (secondary N) is 2. The molecular weight excluding hydrogens is 396 g/mol. The summed E-state index contributed by atoms with van der Waals surface area (Å²) in [5.41, 5.74) is 2.57. The van der Waals surface area contributed by atoms with Crippen LogP contribution < -0.4 is 15.4 Å². The minimum atomic E-state index is -1.10. The summed E-state index contributed by atoms with van der Waals surface area (Å²) in [5, 5.41) is 15.0. The van der Waals surface area contributed by atoms with E-state index in [1.54, 1.807) is 20.8 Å². The molecule has 0 saturated heterocycles. The van der Waals surface area contributed by atoms with Gasteiger partial charge in [0.1, 0.15) is 24.0 Å². The quantitative estimate of drug-likeness (QED) is 0.495. The van der Waals surface area contributed by atoms with Crippen LogP contribution in [-0.4, -0.2) is 35.4 Å². The van der Waals surface area contributed by atoms with Gasteiger partial charge in [0.15, 0.2) is 0 Å². The number of carboxylic acid groups (broad SMARTS) is 1. The largest absolute Gasteiger partial charge is 0.489 e. The van der Waals surface area contributed by atoms with E-state index in [1.165, 1.54) is 5.56 Å². The summed E-state index contributed by atoms with van der Waals surface area (Å²) in [4.78, 5) is 23.3. The fourth-order valence-electron chi connectivity index (χ4n) is 2.93. The van der Waals surface area contributed by atoms with Gasteiger partial charge in [-0.25, -0.2) is 9.59 Å². The Kier molecular flexibility index (Phi) is 8.88. The average molecular weight is 429 g/mol. The third-order valence-electron chi connectivity index (χ3n) is 4.36. The third kappa shape index (κ3) is 9.09. The number of aryl methyl sites for hydroxylation is 1. The SMILES string of the molecule is Cc1cccc(COc2ccccc2CNCC[C@H](NC(=O)OC(C)(C)C)C(=O)O)c1. The smallest absolute Gasteiger partial charge is 0.408 e. The van der Waals surface area contributed by atoms with E-state index in [2.05, 4.69) is 16.7 Å². The summed E-state index contributed by atoms with van der Waals surface area (Å²) in [6.07, 6.45) is -0.518. The van der Waals surface area contributed by atoms with Gasteiger partial charge in [0.25, 0.3) is 0 Å². The molecule has 1 atom stereocenters. The van der Waals surface area contributed by atoms with Gasteiger partial charge in [-0.3, -0.25) is 0 Å². The van der Waals surface area contributed by atoms with Crippen LogP contribution >= 0.6 is 0 Å². The Morgan fingerprint density at radius 1 is 1.10 bits per heavy atom. The summed E-state index contributed by atoms with van der Waals surface area (Å²) in [6, 6.07) is 14.9. The molecule has 0 heterocycles. The molecule has 1 amide bonds. The number of amides is 1. The van der Waals surface area contributed by atoms with E-state index in [-0.39, 0.29) is 6.42 Å². The first-order chi connectivity index (χ1) is 14.6. The Morgan fingerprint density at radius 2 is 1.84 bits per heavy atom. The molecule has 2 rings (SSSR count). The van der Waals surface area contributed by atoms with E-state index in [4.69, 9.17) is 9.47 Å². The van der Waals surface area contributed by atoms with Gasteiger partial charge < -0.3 is 25.2 Å². The molecule has 2 aromatic rings. The highest BCUT2D eigenvalue weighted by molar-refractivity contribution is 5.80. The zero-order valence-electron chi connectivity index (χ0n) is 18.6. The molecule has 0 aromatic heterocycles. The lowest BCUT2D eigenvalue weighted by Crippen LogP contribution is -2.44. The highest BCUT2D eigenvalue weighted by Gasteiger charge is 2.23. The van der Waals surface area contributed by atoms with Crippen molar-refractivity contribution in [2.45, 2.75) is 58.9 Å². The summed E-state index contributed by atoms with van der Waals surface area (Å²) in [7, 11) is 0. The highest BCUT2D eigenvalue weighted by atomic mass is 16.6. The van der Waals surface area contributed by atoms with E-state index in [9.17, 15) is 14.7 Å². The summed E-state index contributed by atoms with van der Waals surface area (Å²) < 4.78 is 11.1. The molecule has 168 valence electrons. The van der Waals surface area contributed by atoms with Gasteiger partial charge in [-0.15, -0.1) is 0 Å². The molecule has 0 bridgehead atoms. The van der Waals surface area contributed by atoms with Crippen LogP contribution in [-0.2, 0) is 22.7 Å². The minimum absolute atomic E-state index is 0.223. The Hall–Kier alpha value is -3.06. The molecule has 0 unspecified atom stereocenters. The number of alkyl carbamates (subject to hydrolysis) is 1. The maximum atomic E-state index is 11.8. The van der Waals surface area contributed by atoms with Crippen molar-refractivity contribution in [1.29, 1.82) is 0 Å². The lowest BCUT2D eigenvalue weighted by Gasteiger charge is -2.22. The van der Waals surface area contributed by atoms with Gasteiger partial charge in [-0.1, -0.05) is 48.0 Å². The fourth-order valence-corrected chi connectivity index (χ4v) is 2.93. The first-order valence-corrected chi connectivity index (χ1v) is 10.3.